The van der Waals surface area contributed by atoms with Gasteiger partial charge in [-0.15, -0.1) is 0 Å². The van der Waals surface area contributed by atoms with Crippen molar-refractivity contribution in [2.75, 3.05) is 33.7 Å². The second-order valence-corrected chi connectivity index (χ2v) is 3.57. The van der Waals surface area contributed by atoms with Crippen molar-refractivity contribution in [3.8, 4) is 0 Å². The molecule has 0 aliphatic rings. The van der Waals surface area contributed by atoms with Crippen molar-refractivity contribution in [2.24, 2.45) is 5.92 Å². The molecule has 0 rings (SSSR count). The van der Waals surface area contributed by atoms with Crippen LogP contribution in [0.5, 0.6) is 0 Å². The highest BCUT2D eigenvalue weighted by atomic mass is 15.1. The fourth-order valence-corrected chi connectivity index (χ4v) is 1.21. The highest BCUT2D eigenvalue weighted by molar-refractivity contribution is 4.58. The Labute approximate surface area is 71.0 Å². The van der Waals surface area contributed by atoms with Crippen LogP contribution in [0.1, 0.15) is 20.3 Å². The Kier molecular flexibility index (Phi) is 6.57. The van der Waals surface area contributed by atoms with Gasteiger partial charge in [-0.3, -0.25) is 0 Å². The molecule has 1 atom stereocenters. The molecule has 0 aromatic carbocycles. The molecule has 68 valence electrons. The van der Waals surface area contributed by atoms with Gasteiger partial charge in [0.1, 0.15) is 0 Å². The van der Waals surface area contributed by atoms with Crippen LogP contribution in [0, 0.1) is 5.92 Å². The van der Waals surface area contributed by atoms with Crippen LogP contribution in [-0.4, -0.2) is 38.6 Å². The van der Waals surface area contributed by atoms with Gasteiger partial charge in [-0.05, 0) is 39.5 Å². The standard InChI is InChI=1S/C9H22N2/c1-5-6-10-7-9(2)8-11(3)4/h9-10H,5-8H2,1-4H3. The normalized spacial score (nSPS) is 13.9. The van der Waals surface area contributed by atoms with Crippen LogP contribution in [-0.2, 0) is 0 Å². The molecular formula is C9H22N2. The van der Waals surface area contributed by atoms with Gasteiger partial charge < -0.3 is 10.2 Å². The molecule has 1 unspecified atom stereocenters. The van der Waals surface area contributed by atoms with Crippen LogP contribution >= 0.6 is 0 Å². The van der Waals surface area contributed by atoms with E-state index in [1.165, 1.54) is 13.0 Å². The molecule has 0 bridgehead atoms. The fourth-order valence-electron chi connectivity index (χ4n) is 1.21. The van der Waals surface area contributed by atoms with Crippen LogP contribution in [0.3, 0.4) is 0 Å². The highest BCUT2D eigenvalue weighted by Crippen LogP contribution is 1.93. The van der Waals surface area contributed by atoms with Crippen molar-refractivity contribution in [3.63, 3.8) is 0 Å². The fraction of sp³-hybridized carbons (Fsp3) is 1.00. The summed E-state index contributed by atoms with van der Waals surface area (Å²) in [7, 11) is 4.24. The van der Waals surface area contributed by atoms with E-state index in [2.05, 4.69) is 38.2 Å². The minimum absolute atomic E-state index is 0.761. The van der Waals surface area contributed by atoms with Gasteiger partial charge in [0.05, 0.1) is 0 Å². The van der Waals surface area contributed by atoms with E-state index in [1.807, 2.05) is 0 Å². The molecule has 0 fully saturated rings. The highest BCUT2D eigenvalue weighted by Gasteiger charge is 2.01. The molecule has 11 heavy (non-hydrogen) atoms. The van der Waals surface area contributed by atoms with Gasteiger partial charge in [0, 0.05) is 6.54 Å². The molecule has 0 heterocycles. The molecular weight excluding hydrogens is 136 g/mol. The Morgan fingerprint density at radius 2 is 2.00 bits per heavy atom. The first-order valence-electron chi connectivity index (χ1n) is 4.52. The average Bonchev–Trinajstić information content (AvgIpc) is 1.86. The first-order valence-corrected chi connectivity index (χ1v) is 4.52. The van der Waals surface area contributed by atoms with E-state index >= 15 is 0 Å². The Bertz CT molecular complexity index is 81.6. The van der Waals surface area contributed by atoms with Gasteiger partial charge in [-0.25, -0.2) is 0 Å². The lowest BCUT2D eigenvalue weighted by molar-refractivity contribution is 0.330. The van der Waals surface area contributed by atoms with Crippen LogP contribution in [0.4, 0.5) is 0 Å². The molecule has 0 saturated heterocycles. The molecule has 1 N–H and O–H groups in total. The molecule has 0 aromatic heterocycles. The van der Waals surface area contributed by atoms with Crippen molar-refractivity contribution in [1.82, 2.24) is 10.2 Å². The number of hydrogen-bond acceptors (Lipinski definition) is 2. The Hall–Kier alpha value is -0.0800. The molecule has 0 aliphatic heterocycles. The second-order valence-electron chi connectivity index (χ2n) is 3.57. The lowest BCUT2D eigenvalue weighted by atomic mass is 10.2. The van der Waals surface area contributed by atoms with Gasteiger partial charge in [-0.1, -0.05) is 13.8 Å². The second kappa shape index (κ2) is 6.62. The Morgan fingerprint density at radius 3 is 2.45 bits per heavy atom. The lowest BCUT2D eigenvalue weighted by Gasteiger charge is -2.16. The first-order chi connectivity index (χ1) is 5.16. The molecule has 0 aromatic rings. The quantitative estimate of drug-likeness (QED) is 0.584. The van der Waals surface area contributed by atoms with Gasteiger partial charge in [0.2, 0.25) is 0 Å². The number of hydrogen-bond donors (Lipinski definition) is 1. The van der Waals surface area contributed by atoms with Gasteiger partial charge in [0.15, 0.2) is 0 Å². The zero-order valence-electron chi connectivity index (χ0n) is 8.35. The largest absolute Gasteiger partial charge is 0.316 e. The maximum Gasteiger partial charge on any atom is 0.00130 e. The van der Waals surface area contributed by atoms with E-state index in [0.29, 0.717) is 0 Å². The van der Waals surface area contributed by atoms with Crippen LogP contribution in [0.25, 0.3) is 0 Å². The van der Waals surface area contributed by atoms with Crippen molar-refractivity contribution < 1.29 is 0 Å². The predicted molar refractivity (Wildman–Crippen MR) is 50.9 cm³/mol. The van der Waals surface area contributed by atoms with Crippen LogP contribution < -0.4 is 5.32 Å². The van der Waals surface area contributed by atoms with Crippen molar-refractivity contribution in [1.29, 1.82) is 0 Å². The number of rotatable bonds is 6. The van der Waals surface area contributed by atoms with E-state index < -0.39 is 0 Å². The average molecular weight is 158 g/mol. The molecule has 2 heteroatoms. The maximum atomic E-state index is 3.41. The van der Waals surface area contributed by atoms with E-state index in [-0.39, 0.29) is 0 Å². The van der Waals surface area contributed by atoms with E-state index in [4.69, 9.17) is 0 Å². The number of nitrogens with zero attached hydrogens (tertiary/aromatic N) is 1. The minimum Gasteiger partial charge on any atom is -0.316 e. The zero-order valence-corrected chi connectivity index (χ0v) is 8.35. The third-order valence-electron chi connectivity index (χ3n) is 1.60. The molecule has 0 spiro atoms. The van der Waals surface area contributed by atoms with Crippen molar-refractivity contribution >= 4 is 0 Å². The first kappa shape index (κ1) is 10.9. The van der Waals surface area contributed by atoms with E-state index in [1.54, 1.807) is 0 Å². The summed E-state index contributed by atoms with van der Waals surface area (Å²) in [5.41, 5.74) is 0. The molecule has 0 radical (unpaired) electrons. The summed E-state index contributed by atoms with van der Waals surface area (Å²) in [4.78, 5) is 2.23. The third kappa shape index (κ3) is 7.82. The topological polar surface area (TPSA) is 15.3 Å². The van der Waals surface area contributed by atoms with Crippen molar-refractivity contribution in [2.45, 2.75) is 20.3 Å². The SMILES string of the molecule is CCCNCC(C)CN(C)C. The molecule has 0 amide bonds. The molecule has 0 saturated carbocycles. The Balaban J connectivity index is 3.15. The van der Waals surface area contributed by atoms with E-state index in [9.17, 15) is 0 Å². The maximum absolute atomic E-state index is 3.41. The summed E-state index contributed by atoms with van der Waals surface area (Å²) in [6.45, 7) is 7.95. The van der Waals surface area contributed by atoms with Crippen LogP contribution in [0.2, 0.25) is 0 Å². The van der Waals surface area contributed by atoms with Gasteiger partial charge in [0.25, 0.3) is 0 Å². The summed E-state index contributed by atoms with van der Waals surface area (Å²) >= 11 is 0. The molecule has 2 nitrogen and oxygen atoms in total. The smallest absolute Gasteiger partial charge is 0.00130 e. The summed E-state index contributed by atoms with van der Waals surface area (Å²) in [6.07, 6.45) is 1.23. The van der Waals surface area contributed by atoms with E-state index in [0.717, 1.165) is 19.0 Å². The summed E-state index contributed by atoms with van der Waals surface area (Å²) < 4.78 is 0. The lowest BCUT2D eigenvalue weighted by Crippen LogP contribution is -2.29. The number of nitrogens with one attached hydrogen (secondary N) is 1. The van der Waals surface area contributed by atoms with Crippen LogP contribution in [0.15, 0.2) is 0 Å². The van der Waals surface area contributed by atoms with Gasteiger partial charge in [-0.2, -0.15) is 0 Å². The Morgan fingerprint density at radius 1 is 1.36 bits per heavy atom. The van der Waals surface area contributed by atoms with Gasteiger partial charge >= 0.3 is 0 Å². The zero-order chi connectivity index (χ0) is 8.69. The third-order valence-corrected chi connectivity index (χ3v) is 1.60. The summed E-state index contributed by atoms with van der Waals surface area (Å²) in [5.74, 6) is 0.761. The summed E-state index contributed by atoms with van der Waals surface area (Å²) in [6, 6.07) is 0. The van der Waals surface area contributed by atoms with Crippen molar-refractivity contribution in [3.05, 3.63) is 0 Å². The minimum atomic E-state index is 0.761. The predicted octanol–water partition coefficient (Wildman–Crippen LogP) is 1.18. The summed E-state index contributed by atoms with van der Waals surface area (Å²) in [5, 5.41) is 3.41. The molecule has 0 aliphatic carbocycles. The monoisotopic (exact) mass is 158 g/mol.